The molecule has 1 N–H and O–H groups in total. The van der Waals surface area contributed by atoms with E-state index in [2.05, 4.69) is 10.3 Å². The molecule has 0 atom stereocenters. The van der Waals surface area contributed by atoms with Crippen LogP contribution in [-0.2, 0) is 4.74 Å². The highest BCUT2D eigenvalue weighted by molar-refractivity contribution is 5.30. The maximum atomic E-state index is 12.1. The Hall–Kier alpha value is -1.36. The third-order valence-electron chi connectivity index (χ3n) is 3.12. The minimum atomic E-state index is 0.00318. The Bertz CT molecular complexity index is 452. The van der Waals surface area contributed by atoms with E-state index >= 15 is 0 Å². The average Bonchev–Trinajstić information content (AvgIpc) is 3.19. The molecule has 1 aromatic heterocycles. The molecule has 0 aliphatic heterocycles. The molecule has 0 bridgehead atoms. The monoisotopic (exact) mass is 265 g/mol. The predicted octanol–water partition coefficient (Wildman–Crippen LogP) is 2.20. The predicted molar refractivity (Wildman–Crippen MR) is 75.6 cm³/mol. The minimum Gasteiger partial charge on any atom is -0.379 e. The Morgan fingerprint density at radius 3 is 2.95 bits per heavy atom. The van der Waals surface area contributed by atoms with Gasteiger partial charge < -0.3 is 14.6 Å². The number of hydrogen-bond acceptors (Lipinski definition) is 4. The van der Waals surface area contributed by atoms with Crippen LogP contribution in [0.1, 0.15) is 45.6 Å². The zero-order chi connectivity index (χ0) is 13.7. The van der Waals surface area contributed by atoms with Gasteiger partial charge >= 0.3 is 0 Å². The molecular formula is C14H23N3O2. The maximum Gasteiger partial charge on any atom is 0.293 e. The molecule has 1 fully saturated rings. The highest BCUT2D eigenvalue weighted by atomic mass is 16.5. The molecule has 0 saturated heterocycles. The van der Waals surface area contributed by atoms with E-state index in [9.17, 15) is 4.79 Å². The molecule has 1 saturated carbocycles. The van der Waals surface area contributed by atoms with Crippen LogP contribution in [0.5, 0.6) is 0 Å². The first-order chi connectivity index (χ1) is 9.18. The largest absolute Gasteiger partial charge is 0.379 e. The molecule has 1 heterocycles. The molecule has 19 heavy (non-hydrogen) atoms. The Labute approximate surface area is 114 Å². The molecule has 0 radical (unpaired) electrons. The summed E-state index contributed by atoms with van der Waals surface area (Å²) in [5.74, 6) is 0.471. The van der Waals surface area contributed by atoms with E-state index in [4.69, 9.17) is 4.74 Å². The van der Waals surface area contributed by atoms with Crippen molar-refractivity contribution in [3.05, 3.63) is 22.7 Å². The van der Waals surface area contributed by atoms with Crippen molar-refractivity contribution in [2.24, 2.45) is 0 Å². The number of hydrogen-bond donors (Lipinski definition) is 1. The summed E-state index contributed by atoms with van der Waals surface area (Å²) >= 11 is 0. The van der Waals surface area contributed by atoms with Gasteiger partial charge in [0, 0.05) is 31.6 Å². The van der Waals surface area contributed by atoms with Crippen molar-refractivity contribution in [1.29, 1.82) is 0 Å². The van der Waals surface area contributed by atoms with Gasteiger partial charge in [0.05, 0.1) is 6.10 Å². The van der Waals surface area contributed by atoms with Crippen LogP contribution in [0.2, 0.25) is 0 Å². The average molecular weight is 265 g/mol. The number of unbranched alkanes of at least 4 members (excludes halogenated alkanes) is 1. The second kappa shape index (κ2) is 6.70. The summed E-state index contributed by atoms with van der Waals surface area (Å²) in [6.07, 6.45) is 7.95. The minimum absolute atomic E-state index is 0.00318. The number of nitrogens with one attached hydrogen (secondary N) is 1. The van der Waals surface area contributed by atoms with E-state index in [1.807, 2.05) is 13.8 Å². The first-order valence-corrected chi connectivity index (χ1v) is 7.11. The van der Waals surface area contributed by atoms with Crippen LogP contribution in [0.15, 0.2) is 17.2 Å². The molecule has 106 valence electrons. The van der Waals surface area contributed by atoms with Crippen molar-refractivity contribution in [1.82, 2.24) is 9.55 Å². The molecule has 5 heteroatoms. The molecule has 0 aromatic carbocycles. The van der Waals surface area contributed by atoms with Gasteiger partial charge in [-0.05, 0) is 39.5 Å². The van der Waals surface area contributed by atoms with E-state index in [0.717, 1.165) is 38.8 Å². The lowest BCUT2D eigenvalue weighted by molar-refractivity contribution is 0.0765. The number of anilines is 1. The number of nitrogens with zero attached hydrogens (tertiary/aromatic N) is 2. The maximum absolute atomic E-state index is 12.1. The van der Waals surface area contributed by atoms with Gasteiger partial charge in [0.25, 0.3) is 5.56 Å². The lowest BCUT2D eigenvalue weighted by Gasteiger charge is -2.09. The molecule has 5 nitrogen and oxygen atoms in total. The van der Waals surface area contributed by atoms with Gasteiger partial charge in [-0.25, -0.2) is 4.98 Å². The van der Waals surface area contributed by atoms with Crippen LogP contribution < -0.4 is 10.9 Å². The molecular weight excluding hydrogens is 242 g/mol. The first kappa shape index (κ1) is 14.1. The van der Waals surface area contributed by atoms with Gasteiger partial charge in [-0.3, -0.25) is 4.79 Å². The van der Waals surface area contributed by atoms with Gasteiger partial charge in [-0.15, -0.1) is 0 Å². The summed E-state index contributed by atoms with van der Waals surface area (Å²) in [6.45, 7) is 5.60. The zero-order valence-electron chi connectivity index (χ0n) is 11.8. The smallest absolute Gasteiger partial charge is 0.293 e. The zero-order valence-corrected chi connectivity index (χ0v) is 11.8. The first-order valence-electron chi connectivity index (χ1n) is 7.11. The second-order valence-corrected chi connectivity index (χ2v) is 5.27. The summed E-state index contributed by atoms with van der Waals surface area (Å²) in [4.78, 5) is 16.2. The Morgan fingerprint density at radius 1 is 1.47 bits per heavy atom. The van der Waals surface area contributed by atoms with Crippen LogP contribution in [0, 0.1) is 0 Å². The van der Waals surface area contributed by atoms with E-state index in [1.54, 1.807) is 17.0 Å². The number of aromatic nitrogens is 2. The van der Waals surface area contributed by atoms with Crippen molar-refractivity contribution in [3.8, 4) is 0 Å². The summed E-state index contributed by atoms with van der Waals surface area (Å²) in [5.41, 5.74) is 0.00318. The quantitative estimate of drug-likeness (QED) is 0.732. The van der Waals surface area contributed by atoms with Crippen molar-refractivity contribution in [2.45, 2.75) is 51.7 Å². The van der Waals surface area contributed by atoms with Gasteiger partial charge in [-0.2, -0.15) is 0 Å². The highest BCUT2D eigenvalue weighted by Crippen LogP contribution is 2.33. The van der Waals surface area contributed by atoms with Crippen molar-refractivity contribution < 1.29 is 4.74 Å². The van der Waals surface area contributed by atoms with E-state index in [-0.39, 0.29) is 11.7 Å². The van der Waals surface area contributed by atoms with Crippen LogP contribution in [0.4, 0.5) is 5.82 Å². The fourth-order valence-electron chi connectivity index (χ4n) is 1.94. The summed E-state index contributed by atoms with van der Waals surface area (Å²) in [7, 11) is 0. The second-order valence-electron chi connectivity index (χ2n) is 5.27. The lowest BCUT2D eigenvalue weighted by Crippen LogP contribution is -2.24. The van der Waals surface area contributed by atoms with Crippen molar-refractivity contribution >= 4 is 5.82 Å². The van der Waals surface area contributed by atoms with Gasteiger partial charge in [0.1, 0.15) is 0 Å². The van der Waals surface area contributed by atoms with Crippen LogP contribution in [0.3, 0.4) is 0 Å². The number of ether oxygens (including phenoxy) is 1. The molecule has 0 amide bonds. The fraction of sp³-hybridized carbons (Fsp3) is 0.714. The summed E-state index contributed by atoms with van der Waals surface area (Å²) in [5, 5.41) is 3.12. The lowest BCUT2D eigenvalue weighted by atomic mass is 10.3. The Morgan fingerprint density at radius 2 is 2.26 bits per heavy atom. The van der Waals surface area contributed by atoms with Crippen LogP contribution in [0.25, 0.3) is 0 Å². The van der Waals surface area contributed by atoms with Crippen molar-refractivity contribution in [2.75, 3.05) is 18.5 Å². The molecule has 1 aliphatic rings. The molecule has 2 rings (SSSR count). The van der Waals surface area contributed by atoms with E-state index in [1.165, 1.54) is 0 Å². The van der Waals surface area contributed by atoms with E-state index in [0.29, 0.717) is 11.9 Å². The molecule has 0 spiro atoms. The fourth-order valence-corrected chi connectivity index (χ4v) is 1.94. The number of rotatable bonds is 8. The molecule has 1 aliphatic carbocycles. The van der Waals surface area contributed by atoms with Crippen LogP contribution >= 0.6 is 0 Å². The normalized spacial score (nSPS) is 14.9. The Kier molecular flexibility index (Phi) is 4.96. The SMILES string of the molecule is CC(C)OCCCCNc1nccn(C2CC2)c1=O. The Balaban J connectivity index is 1.74. The van der Waals surface area contributed by atoms with Gasteiger partial charge in [0.15, 0.2) is 5.82 Å². The highest BCUT2D eigenvalue weighted by Gasteiger charge is 2.25. The summed E-state index contributed by atoms with van der Waals surface area (Å²) < 4.78 is 7.26. The third kappa shape index (κ3) is 4.35. The summed E-state index contributed by atoms with van der Waals surface area (Å²) in [6, 6.07) is 0.399. The van der Waals surface area contributed by atoms with Crippen LogP contribution in [-0.4, -0.2) is 28.8 Å². The standard InChI is InChI=1S/C14H23N3O2/c1-11(2)19-10-4-3-7-15-13-14(18)17(9-8-16-13)12-5-6-12/h8-9,11-12H,3-7,10H2,1-2H3,(H,15,16). The van der Waals surface area contributed by atoms with Gasteiger partial charge in [0.2, 0.25) is 0 Å². The third-order valence-corrected chi connectivity index (χ3v) is 3.12. The molecule has 1 aromatic rings. The van der Waals surface area contributed by atoms with E-state index < -0.39 is 0 Å². The van der Waals surface area contributed by atoms with Gasteiger partial charge in [-0.1, -0.05) is 0 Å². The topological polar surface area (TPSA) is 56.1 Å². The molecule has 0 unspecified atom stereocenters. The van der Waals surface area contributed by atoms with Crippen molar-refractivity contribution in [3.63, 3.8) is 0 Å².